The third-order valence-electron chi connectivity index (χ3n) is 1.84. The van der Waals surface area contributed by atoms with E-state index in [-0.39, 0.29) is 5.78 Å². The molecular formula is C7H8O3. The van der Waals surface area contributed by atoms with Gasteiger partial charge in [0, 0.05) is 12.5 Å². The number of ketones is 1. The molecule has 0 saturated carbocycles. The zero-order valence-electron chi connectivity index (χ0n) is 5.50. The normalized spacial score (nSPS) is 37.4. The van der Waals surface area contributed by atoms with Crippen LogP contribution in [0.5, 0.6) is 0 Å². The first-order valence-corrected chi connectivity index (χ1v) is 3.36. The number of carbonyl (C=O) groups excluding carboxylic acids is 1. The number of carbonyl (C=O) groups is 1. The fourth-order valence-electron chi connectivity index (χ4n) is 1.29. The molecule has 0 N–H and O–H groups in total. The van der Waals surface area contributed by atoms with Crippen LogP contribution in [0, 0.1) is 0 Å². The Labute approximate surface area is 58.6 Å². The Morgan fingerprint density at radius 2 is 2.50 bits per heavy atom. The molecule has 1 spiro atoms. The number of hydrogen-bond donors (Lipinski definition) is 0. The van der Waals surface area contributed by atoms with Crippen molar-refractivity contribution in [3.05, 3.63) is 12.3 Å². The molecule has 1 saturated heterocycles. The molecule has 0 aromatic carbocycles. The van der Waals surface area contributed by atoms with Crippen LogP contribution in [0.1, 0.15) is 12.8 Å². The molecule has 1 fully saturated rings. The van der Waals surface area contributed by atoms with Crippen molar-refractivity contribution in [2.45, 2.75) is 18.6 Å². The molecule has 1 unspecified atom stereocenters. The highest BCUT2D eigenvalue weighted by atomic mass is 16.7. The lowest BCUT2D eigenvalue weighted by Gasteiger charge is -2.18. The highest BCUT2D eigenvalue weighted by Gasteiger charge is 2.45. The van der Waals surface area contributed by atoms with E-state index in [1.807, 2.05) is 0 Å². The Hall–Kier alpha value is -0.830. The minimum absolute atomic E-state index is 0.0509. The van der Waals surface area contributed by atoms with Gasteiger partial charge in [-0.15, -0.1) is 0 Å². The maximum absolute atomic E-state index is 11.1. The predicted molar refractivity (Wildman–Crippen MR) is 33.1 cm³/mol. The molecule has 2 rings (SSSR count). The highest BCUT2D eigenvalue weighted by molar-refractivity contribution is 5.97. The van der Waals surface area contributed by atoms with Crippen molar-refractivity contribution in [1.29, 1.82) is 0 Å². The van der Waals surface area contributed by atoms with Crippen molar-refractivity contribution in [3.8, 4) is 0 Å². The van der Waals surface area contributed by atoms with E-state index < -0.39 is 5.79 Å². The first kappa shape index (κ1) is 5.92. The Morgan fingerprint density at radius 1 is 1.60 bits per heavy atom. The number of ether oxygens (including phenoxy) is 2. The summed E-state index contributed by atoms with van der Waals surface area (Å²) >= 11 is 0. The average molecular weight is 140 g/mol. The van der Waals surface area contributed by atoms with Gasteiger partial charge in [0.25, 0.3) is 5.79 Å². The number of hydrogen-bond acceptors (Lipinski definition) is 3. The average Bonchev–Trinajstić information content (AvgIpc) is 2.48. The molecule has 0 amide bonds. The van der Waals surface area contributed by atoms with Gasteiger partial charge in [0.15, 0.2) is 0 Å². The van der Waals surface area contributed by atoms with E-state index in [1.165, 1.54) is 12.3 Å². The van der Waals surface area contributed by atoms with Crippen molar-refractivity contribution in [1.82, 2.24) is 0 Å². The molecule has 1 atom stereocenters. The Morgan fingerprint density at radius 3 is 3.00 bits per heavy atom. The van der Waals surface area contributed by atoms with Gasteiger partial charge in [0.2, 0.25) is 5.78 Å². The van der Waals surface area contributed by atoms with Crippen molar-refractivity contribution in [3.63, 3.8) is 0 Å². The van der Waals surface area contributed by atoms with Crippen LogP contribution in [0.2, 0.25) is 0 Å². The summed E-state index contributed by atoms with van der Waals surface area (Å²) in [5.41, 5.74) is 0. The van der Waals surface area contributed by atoms with Crippen LogP contribution in [-0.4, -0.2) is 18.2 Å². The quantitative estimate of drug-likeness (QED) is 0.494. The van der Waals surface area contributed by atoms with E-state index in [1.54, 1.807) is 0 Å². The van der Waals surface area contributed by atoms with Crippen molar-refractivity contribution < 1.29 is 14.3 Å². The van der Waals surface area contributed by atoms with Crippen LogP contribution in [0.15, 0.2) is 12.3 Å². The molecular weight excluding hydrogens is 132 g/mol. The summed E-state index contributed by atoms with van der Waals surface area (Å²) in [6, 6.07) is 0. The summed E-state index contributed by atoms with van der Waals surface area (Å²) in [6.07, 6.45) is 4.44. The summed E-state index contributed by atoms with van der Waals surface area (Å²) in [7, 11) is 0. The summed E-state index contributed by atoms with van der Waals surface area (Å²) in [6.45, 7) is 0.632. The lowest BCUT2D eigenvalue weighted by atomic mass is 10.1. The van der Waals surface area contributed by atoms with Gasteiger partial charge in [-0.1, -0.05) is 0 Å². The number of rotatable bonds is 0. The molecule has 10 heavy (non-hydrogen) atoms. The van der Waals surface area contributed by atoms with E-state index in [0.29, 0.717) is 13.0 Å². The molecule has 0 aromatic rings. The molecule has 0 bridgehead atoms. The van der Waals surface area contributed by atoms with Gasteiger partial charge in [0.1, 0.15) is 0 Å². The molecule has 2 aliphatic rings. The topological polar surface area (TPSA) is 35.5 Å². The molecule has 0 aromatic heterocycles. The molecule has 2 heterocycles. The molecule has 0 aliphatic carbocycles. The van der Waals surface area contributed by atoms with Crippen molar-refractivity contribution >= 4 is 5.78 Å². The first-order valence-electron chi connectivity index (χ1n) is 3.36. The summed E-state index contributed by atoms with van der Waals surface area (Å²) < 4.78 is 10.2. The van der Waals surface area contributed by atoms with Crippen molar-refractivity contribution in [2.24, 2.45) is 0 Å². The molecule has 2 aliphatic heterocycles. The summed E-state index contributed by atoms with van der Waals surface area (Å²) in [5.74, 6) is -0.954. The van der Waals surface area contributed by atoms with E-state index in [9.17, 15) is 4.79 Å². The van der Waals surface area contributed by atoms with Crippen LogP contribution in [-0.2, 0) is 14.3 Å². The van der Waals surface area contributed by atoms with E-state index in [0.717, 1.165) is 6.42 Å². The Kier molecular flexibility index (Phi) is 1.08. The summed E-state index contributed by atoms with van der Waals surface area (Å²) in [4.78, 5) is 11.1. The van der Waals surface area contributed by atoms with E-state index >= 15 is 0 Å². The fraction of sp³-hybridized carbons (Fsp3) is 0.571. The summed E-state index contributed by atoms with van der Waals surface area (Å²) in [5, 5.41) is 0. The third-order valence-corrected chi connectivity index (χ3v) is 1.84. The predicted octanol–water partition coefficient (Wildman–Crippen LogP) is 0.606. The maximum Gasteiger partial charge on any atom is 0.273 e. The maximum atomic E-state index is 11.1. The van der Waals surface area contributed by atoms with Gasteiger partial charge >= 0.3 is 0 Å². The highest BCUT2D eigenvalue weighted by Crippen LogP contribution is 2.31. The van der Waals surface area contributed by atoms with E-state index in [2.05, 4.69) is 0 Å². The largest absolute Gasteiger partial charge is 0.462 e. The third kappa shape index (κ3) is 0.609. The monoisotopic (exact) mass is 140 g/mol. The van der Waals surface area contributed by atoms with Gasteiger partial charge in [-0.2, -0.15) is 0 Å². The fourth-order valence-corrected chi connectivity index (χ4v) is 1.29. The van der Waals surface area contributed by atoms with Gasteiger partial charge in [-0.05, 0) is 6.42 Å². The molecule has 3 heteroatoms. The second kappa shape index (κ2) is 1.83. The zero-order valence-corrected chi connectivity index (χ0v) is 5.50. The standard InChI is InChI=1S/C7H8O3/c8-6-2-5-10-7(6)3-1-4-9-7/h2,5H,1,3-4H2. The molecule has 0 radical (unpaired) electrons. The van der Waals surface area contributed by atoms with Gasteiger partial charge in [-0.25, -0.2) is 0 Å². The van der Waals surface area contributed by atoms with Crippen molar-refractivity contribution in [2.75, 3.05) is 6.61 Å². The molecule has 3 nitrogen and oxygen atoms in total. The lowest BCUT2D eigenvalue weighted by molar-refractivity contribution is -0.177. The van der Waals surface area contributed by atoms with Gasteiger partial charge < -0.3 is 9.47 Å². The SMILES string of the molecule is O=C1C=COC12CCCO2. The van der Waals surface area contributed by atoms with Gasteiger partial charge in [0.05, 0.1) is 12.9 Å². The van der Waals surface area contributed by atoms with Crippen LogP contribution >= 0.6 is 0 Å². The minimum Gasteiger partial charge on any atom is -0.462 e. The van der Waals surface area contributed by atoms with Crippen LogP contribution in [0.3, 0.4) is 0 Å². The van der Waals surface area contributed by atoms with Crippen LogP contribution in [0.25, 0.3) is 0 Å². The van der Waals surface area contributed by atoms with Crippen LogP contribution in [0.4, 0.5) is 0 Å². The Bertz CT molecular complexity index is 189. The minimum atomic E-state index is -0.903. The second-order valence-corrected chi connectivity index (χ2v) is 2.49. The van der Waals surface area contributed by atoms with Gasteiger partial charge in [-0.3, -0.25) is 4.79 Å². The zero-order chi connectivity index (χ0) is 7.03. The second-order valence-electron chi connectivity index (χ2n) is 2.49. The first-order chi connectivity index (χ1) is 4.83. The smallest absolute Gasteiger partial charge is 0.273 e. The Balaban J connectivity index is 2.23. The van der Waals surface area contributed by atoms with E-state index in [4.69, 9.17) is 9.47 Å². The lowest BCUT2D eigenvalue weighted by Crippen LogP contribution is -2.34. The van der Waals surface area contributed by atoms with Crippen LogP contribution < -0.4 is 0 Å². The molecule has 54 valence electrons.